The van der Waals surface area contributed by atoms with Crippen LogP contribution in [0.4, 0.5) is 0 Å². The smallest absolute Gasteiger partial charge is 0.0639 e. The van der Waals surface area contributed by atoms with E-state index >= 15 is 0 Å². The Hall–Kier alpha value is -1.08. The van der Waals surface area contributed by atoms with E-state index in [4.69, 9.17) is 5.11 Å². The number of hydrogen-bond donors (Lipinski definition) is 1. The second-order valence-corrected chi connectivity index (χ2v) is 5.49. The first-order valence-electron chi connectivity index (χ1n) is 6.75. The molecule has 0 bridgehead atoms. The summed E-state index contributed by atoms with van der Waals surface area (Å²) in [6.07, 6.45) is 7.61. The van der Waals surface area contributed by atoms with Crippen molar-refractivity contribution in [3.05, 3.63) is 47.6 Å². The normalized spacial score (nSPS) is 25.0. The van der Waals surface area contributed by atoms with E-state index in [1.54, 1.807) is 0 Å². The van der Waals surface area contributed by atoms with Gasteiger partial charge in [-0.05, 0) is 57.4 Å². The largest absolute Gasteiger partial charge is 0.392 e. The molecule has 2 atom stereocenters. The molecule has 1 rings (SSSR count). The Morgan fingerprint density at radius 1 is 1.50 bits per heavy atom. The van der Waals surface area contributed by atoms with Gasteiger partial charge in [0.1, 0.15) is 0 Å². The maximum Gasteiger partial charge on any atom is 0.0639 e. The molecule has 1 aliphatic carbocycles. The summed E-state index contributed by atoms with van der Waals surface area (Å²) >= 11 is 0. The Kier molecular flexibility index (Phi) is 5.61. The lowest BCUT2D eigenvalue weighted by molar-refractivity contribution is 0.330. The zero-order chi connectivity index (χ0) is 13.7. The number of rotatable bonds is 5. The molecule has 0 fully saturated rings. The predicted molar refractivity (Wildman–Crippen MR) is 79.4 cm³/mol. The molecule has 0 unspecified atom stereocenters. The van der Waals surface area contributed by atoms with Gasteiger partial charge in [-0.25, -0.2) is 0 Å². The molecule has 0 spiro atoms. The van der Waals surface area contributed by atoms with Crippen molar-refractivity contribution >= 4 is 0 Å². The van der Waals surface area contributed by atoms with Crippen LogP contribution in [0.15, 0.2) is 47.6 Å². The van der Waals surface area contributed by atoms with Gasteiger partial charge in [-0.1, -0.05) is 42.0 Å². The third kappa shape index (κ3) is 3.71. The third-order valence-corrected chi connectivity index (χ3v) is 3.97. The first-order chi connectivity index (χ1) is 8.47. The van der Waals surface area contributed by atoms with Crippen molar-refractivity contribution in [2.24, 2.45) is 11.8 Å². The summed E-state index contributed by atoms with van der Waals surface area (Å²) in [5, 5.41) is 9.00. The molecule has 0 amide bonds. The topological polar surface area (TPSA) is 20.2 Å². The minimum atomic E-state index is 0.161. The van der Waals surface area contributed by atoms with E-state index in [-0.39, 0.29) is 6.61 Å². The molecule has 0 aromatic rings. The van der Waals surface area contributed by atoms with Gasteiger partial charge in [0.25, 0.3) is 0 Å². The predicted octanol–water partition coefficient (Wildman–Crippen LogP) is 4.42. The van der Waals surface area contributed by atoms with Crippen molar-refractivity contribution in [1.29, 1.82) is 0 Å². The molecule has 18 heavy (non-hydrogen) atoms. The van der Waals surface area contributed by atoms with Crippen molar-refractivity contribution in [2.45, 2.75) is 40.0 Å². The minimum absolute atomic E-state index is 0.161. The second-order valence-electron chi connectivity index (χ2n) is 5.49. The fourth-order valence-corrected chi connectivity index (χ4v) is 2.63. The van der Waals surface area contributed by atoms with Crippen molar-refractivity contribution < 1.29 is 5.11 Å². The highest BCUT2D eigenvalue weighted by atomic mass is 16.3. The van der Waals surface area contributed by atoms with Crippen LogP contribution >= 0.6 is 0 Å². The average molecular weight is 246 g/mol. The molecule has 1 nitrogen and oxygen atoms in total. The fraction of sp³-hybridized carbons (Fsp3) is 0.529. The van der Waals surface area contributed by atoms with Crippen LogP contribution in [0.2, 0.25) is 0 Å². The summed E-state index contributed by atoms with van der Waals surface area (Å²) in [5.41, 5.74) is 4.91. The molecule has 0 saturated carbocycles. The number of hydrogen-bond acceptors (Lipinski definition) is 1. The molecular formula is C17H26O. The standard InChI is InChI=1S/C17H26O/c1-12(2)16-10-9-14(4)15(5)17(16)8-6-7-13(3)11-18/h7,9,16-18H,1,5-6,8,10-11H2,2-4H3/b13-7-/t16-,17+/m0/s1. The second kappa shape index (κ2) is 6.75. The van der Waals surface area contributed by atoms with E-state index < -0.39 is 0 Å². The lowest BCUT2D eigenvalue weighted by Gasteiger charge is -2.33. The van der Waals surface area contributed by atoms with Crippen LogP contribution in [0.3, 0.4) is 0 Å². The number of allylic oxidation sites excluding steroid dienone is 5. The van der Waals surface area contributed by atoms with Gasteiger partial charge >= 0.3 is 0 Å². The van der Waals surface area contributed by atoms with Gasteiger partial charge in [0, 0.05) is 0 Å². The molecule has 1 N–H and O–H groups in total. The first-order valence-corrected chi connectivity index (χ1v) is 6.75. The molecule has 0 radical (unpaired) electrons. The SMILES string of the molecule is C=C1C(C)=CC[C@@H](C(=C)C)[C@@H]1CC/C=C(/C)CO. The zero-order valence-corrected chi connectivity index (χ0v) is 12.0. The van der Waals surface area contributed by atoms with E-state index in [9.17, 15) is 0 Å². The summed E-state index contributed by atoms with van der Waals surface area (Å²) in [5.74, 6) is 1.04. The van der Waals surface area contributed by atoms with Crippen LogP contribution in [0.1, 0.15) is 40.0 Å². The van der Waals surface area contributed by atoms with Crippen LogP contribution in [0.25, 0.3) is 0 Å². The summed E-state index contributed by atoms with van der Waals surface area (Å²) in [4.78, 5) is 0. The molecule has 0 saturated heterocycles. The van der Waals surface area contributed by atoms with Gasteiger partial charge < -0.3 is 5.11 Å². The molecule has 1 aliphatic rings. The quantitative estimate of drug-likeness (QED) is 0.712. The van der Waals surface area contributed by atoms with Gasteiger partial charge in [-0.2, -0.15) is 0 Å². The number of aliphatic hydroxyl groups excluding tert-OH is 1. The maximum absolute atomic E-state index is 9.00. The van der Waals surface area contributed by atoms with Crippen LogP contribution in [-0.2, 0) is 0 Å². The van der Waals surface area contributed by atoms with E-state index in [0.29, 0.717) is 11.8 Å². The monoisotopic (exact) mass is 246 g/mol. The van der Waals surface area contributed by atoms with Crippen LogP contribution in [0, 0.1) is 11.8 Å². The summed E-state index contributed by atoms with van der Waals surface area (Å²) in [6.45, 7) is 14.8. The Morgan fingerprint density at radius 3 is 2.72 bits per heavy atom. The van der Waals surface area contributed by atoms with Gasteiger partial charge in [0.15, 0.2) is 0 Å². The fourth-order valence-electron chi connectivity index (χ4n) is 2.63. The zero-order valence-electron chi connectivity index (χ0n) is 12.0. The Labute approximate surface area is 112 Å². The van der Waals surface area contributed by atoms with Crippen LogP contribution in [0.5, 0.6) is 0 Å². The molecular weight excluding hydrogens is 220 g/mol. The lowest BCUT2D eigenvalue weighted by Crippen LogP contribution is -2.21. The molecule has 100 valence electrons. The molecule has 0 aliphatic heterocycles. The minimum Gasteiger partial charge on any atom is -0.392 e. The molecule has 1 heteroatoms. The first kappa shape index (κ1) is 15.0. The van der Waals surface area contributed by atoms with Crippen molar-refractivity contribution in [2.75, 3.05) is 6.61 Å². The van der Waals surface area contributed by atoms with Crippen LogP contribution in [-0.4, -0.2) is 11.7 Å². The summed E-state index contributed by atoms with van der Waals surface area (Å²) < 4.78 is 0. The molecule has 0 aromatic carbocycles. The number of aliphatic hydroxyl groups is 1. The highest BCUT2D eigenvalue weighted by Gasteiger charge is 2.27. The molecule has 0 aromatic heterocycles. The van der Waals surface area contributed by atoms with Crippen molar-refractivity contribution in [1.82, 2.24) is 0 Å². The summed E-state index contributed by atoms with van der Waals surface area (Å²) in [6, 6.07) is 0. The van der Waals surface area contributed by atoms with E-state index in [1.165, 1.54) is 16.7 Å². The Morgan fingerprint density at radius 2 is 2.17 bits per heavy atom. The van der Waals surface area contributed by atoms with E-state index in [2.05, 4.69) is 39.2 Å². The molecule has 0 heterocycles. The Bertz CT molecular complexity index is 384. The van der Waals surface area contributed by atoms with Gasteiger partial charge in [0.05, 0.1) is 6.61 Å². The van der Waals surface area contributed by atoms with E-state index in [0.717, 1.165) is 24.8 Å². The highest BCUT2D eigenvalue weighted by molar-refractivity contribution is 5.34. The average Bonchev–Trinajstić information content (AvgIpc) is 2.33. The van der Waals surface area contributed by atoms with Crippen LogP contribution < -0.4 is 0 Å². The highest BCUT2D eigenvalue weighted by Crippen LogP contribution is 2.39. The Balaban J connectivity index is 2.72. The van der Waals surface area contributed by atoms with Gasteiger partial charge in [-0.3, -0.25) is 0 Å². The van der Waals surface area contributed by atoms with Crippen molar-refractivity contribution in [3.8, 4) is 0 Å². The maximum atomic E-state index is 9.00. The van der Waals surface area contributed by atoms with Crippen molar-refractivity contribution in [3.63, 3.8) is 0 Å². The van der Waals surface area contributed by atoms with Gasteiger partial charge in [0.2, 0.25) is 0 Å². The van der Waals surface area contributed by atoms with Gasteiger partial charge in [-0.15, -0.1) is 0 Å². The lowest BCUT2D eigenvalue weighted by atomic mass is 9.72. The third-order valence-electron chi connectivity index (χ3n) is 3.97. The summed E-state index contributed by atoms with van der Waals surface area (Å²) in [7, 11) is 0. The van der Waals surface area contributed by atoms with E-state index in [1.807, 2.05) is 6.92 Å².